The van der Waals surface area contributed by atoms with E-state index in [2.05, 4.69) is 15.9 Å². The van der Waals surface area contributed by atoms with Crippen LogP contribution in [0.15, 0.2) is 18.2 Å². The minimum atomic E-state index is -0.424. The summed E-state index contributed by atoms with van der Waals surface area (Å²) in [7, 11) is 1.55. The first-order chi connectivity index (χ1) is 10.1. The van der Waals surface area contributed by atoms with Crippen LogP contribution in [0.25, 0.3) is 0 Å². The Morgan fingerprint density at radius 3 is 2.62 bits per heavy atom. The molecule has 21 heavy (non-hydrogen) atoms. The van der Waals surface area contributed by atoms with E-state index in [1.54, 1.807) is 24.1 Å². The fourth-order valence-electron chi connectivity index (χ4n) is 3.36. The number of carbonyl (C=O) groups is 2. The van der Waals surface area contributed by atoms with Crippen molar-refractivity contribution >= 4 is 33.3 Å². The summed E-state index contributed by atoms with van der Waals surface area (Å²) in [6.45, 7) is 0.613. The third-order valence-corrected chi connectivity index (χ3v) is 5.81. The standard InChI is InChI=1S/C16H18BrNO3/c1-21-11-4-5-13-12(8-11)14(19)15(20)18(13)10-16(9-17)6-2-3-7-16/h4-5,8H,2-3,6-7,9-10H2,1H3. The normalized spacial score (nSPS) is 20.0. The van der Waals surface area contributed by atoms with Crippen LogP contribution in [-0.2, 0) is 4.79 Å². The molecule has 0 unspecified atom stereocenters. The fourth-order valence-corrected chi connectivity index (χ4v) is 4.10. The third-order valence-electron chi connectivity index (χ3n) is 4.62. The van der Waals surface area contributed by atoms with Crippen molar-refractivity contribution in [2.45, 2.75) is 25.7 Å². The molecule has 1 aliphatic heterocycles. The van der Waals surface area contributed by atoms with Gasteiger partial charge in [-0.25, -0.2) is 0 Å². The van der Waals surface area contributed by atoms with Gasteiger partial charge in [-0.1, -0.05) is 28.8 Å². The summed E-state index contributed by atoms with van der Waals surface area (Å²) >= 11 is 3.60. The minimum Gasteiger partial charge on any atom is -0.497 e. The number of anilines is 1. The zero-order valence-corrected chi connectivity index (χ0v) is 13.6. The molecule has 0 bridgehead atoms. The van der Waals surface area contributed by atoms with Gasteiger partial charge in [-0.3, -0.25) is 9.59 Å². The number of fused-ring (bicyclic) bond motifs is 1. The Kier molecular flexibility index (Phi) is 3.78. The van der Waals surface area contributed by atoms with Crippen molar-refractivity contribution in [2.75, 3.05) is 23.9 Å². The van der Waals surface area contributed by atoms with Crippen LogP contribution in [0.2, 0.25) is 0 Å². The predicted octanol–water partition coefficient (Wildman–Crippen LogP) is 3.18. The van der Waals surface area contributed by atoms with Gasteiger partial charge in [0.2, 0.25) is 0 Å². The van der Waals surface area contributed by atoms with Crippen molar-refractivity contribution in [3.63, 3.8) is 0 Å². The van der Waals surface area contributed by atoms with E-state index in [0.717, 1.165) is 23.9 Å². The van der Waals surface area contributed by atoms with Gasteiger partial charge in [-0.2, -0.15) is 0 Å². The number of ether oxygens (including phenoxy) is 1. The van der Waals surface area contributed by atoms with Crippen molar-refractivity contribution in [2.24, 2.45) is 5.41 Å². The molecule has 0 spiro atoms. The van der Waals surface area contributed by atoms with Crippen LogP contribution >= 0.6 is 15.9 Å². The Balaban J connectivity index is 1.94. The van der Waals surface area contributed by atoms with E-state index in [1.165, 1.54) is 12.8 Å². The Bertz CT molecular complexity index is 593. The number of Topliss-reactive ketones (excluding diaryl/α,β-unsaturated/α-hetero) is 1. The summed E-state index contributed by atoms with van der Waals surface area (Å²) in [4.78, 5) is 26.2. The molecule has 0 aromatic heterocycles. The molecule has 1 aliphatic carbocycles. The van der Waals surface area contributed by atoms with Crippen molar-refractivity contribution in [1.82, 2.24) is 0 Å². The Labute approximate surface area is 132 Å². The Hall–Kier alpha value is -1.36. The number of amides is 1. The number of ketones is 1. The van der Waals surface area contributed by atoms with Crippen molar-refractivity contribution < 1.29 is 14.3 Å². The van der Waals surface area contributed by atoms with E-state index < -0.39 is 11.7 Å². The zero-order valence-electron chi connectivity index (χ0n) is 12.0. The first-order valence-electron chi connectivity index (χ1n) is 7.20. The molecule has 1 aromatic carbocycles. The maximum absolute atomic E-state index is 12.3. The highest BCUT2D eigenvalue weighted by atomic mass is 79.9. The molecule has 0 atom stereocenters. The molecule has 5 heteroatoms. The molecule has 0 saturated heterocycles. The second-order valence-corrected chi connectivity index (χ2v) is 6.50. The van der Waals surface area contributed by atoms with E-state index in [-0.39, 0.29) is 5.41 Å². The van der Waals surface area contributed by atoms with Gasteiger partial charge in [-0.15, -0.1) is 0 Å². The minimum absolute atomic E-state index is 0.0947. The van der Waals surface area contributed by atoms with Gasteiger partial charge in [-0.05, 0) is 36.5 Å². The maximum Gasteiger partial charge on any atom is 0.299 e. The molecule has 1 amide bonds. The monoisotopic (exact) mass is 351 g/mol. The summed E-state index contributed by atoms with van der Waals surface area (Å²) < 4.78 is 5.14. The molecule has 0 N–H and O–H groups in total. The summed E-state index contributed by atoms with van der Waals surface area (Å²) in [6.07, 6.45) is 4.58. The molecule has 1 heterocycles. The van der Waals surface area contributed by atoms with Crippen LogP contribution < -0.4 is 9.64 Å². The van der Waals surface area contributed by atoms with Crippen LogP contribution in [-0.4, -0.2) is 30.7 Å². The average molecular weight is 352 g/mol. The molecule has 2 aliphatic rings. The smallest absolute Gasteiger partial charge is 0.299 e. The number of rotatable bonds is 4. The number of benzene rings is 1. The van der Waals surface area contributed by atoms with E-state index in [0.29, 0.717) is 17.9 Å². The number of halogens is 1. The molecule has 4 nitrogen and oxygen atoms in total. The largest absolute Gasteiger partial charge is 0.497 e. The lowest BCUT2D eigenvalue weighted by Crippen LogP contribution is -2.40. The predicted molar refractivity (Wildman–Crippen MR) is 84.4 cm³/mol. The van der Waals surface area contributed by atoms with Crippen LogP contribution in [0.1, 0.15) is 36.0 Å². The average Bonchev–Trinajstić information content (AvgIpc) is 3.07. The number of nitrogens with zero attached hydrogens (tertiary/aromatic N) is 1. The fraction of sp³-hybridized carbons (Fsp3) is 0.500. The van der Waals surface area contributed by atoms with E-state index in [1.807, 2.05) is 6.07 Å². The molecule has 1 aromatic rings. The lowest BCUT2D eigenvalue weighted by molar-refractivity contribution is -0.114. The number of carbonyl (C=O) groups excluding carboxylic acids is 2. The molecule has 1 saturated carbocycles. The zero-order chi connectivity index (χ0) is 15.0. The topological polar surface area (TPSA) is 46.6 Å². The summed E-state index contributed by atoms with van der Waals surface area (Å²) in [5.41, 5.74) is 1.28. The number of hydrogen-bond donors (Lipinski definition) is 0. The maximum atomic E-state index is 12.3. The molecule has 0 radical (unpaired) electrons. The van der Waals surface area contributed by atoms with Crippen LogP contribution in [0.5, 0.6) is 5.75 Å². The Morgan fingerprint density at radius 1 is 1.29 bits per heavy atom. The van der Waals surface area contributed by atoms with Gasteiger partial charge in [0.15, 0.2) is 0 Å². The second-order valence-electron chi connectivity index (χ2n) is 5.94. The molecular weight excluding hydrogens is 334 g/mol. The third kappa shape index (κ3) is 2.37. The molecule has 1 fully saturated rings. The lowest BCUT2D eigenvalue weighted by Gasteiger charge is -2.31. The number of methoxy groups -OCH3 is 1. The Morgan fingerprint density at radius 2 is 2.00 bits per heavy atom. The van der Waals surface area contributed by atoms with Gasteiger partial charge in [0.25, 0.3) is 11.7 Å². The SMILES string of the molecule is COc1ccc2c(c1)C(=O)C(=O)N2CC1(CBr)CCCC1. The van der Waals surface area contributed by atoms with E-state index in [4.69, 9.17) is 4.74 Å². The van der Waals surface area contributed by atoms with Crippen LogP contribution in [0.3, 0.4) is 0 Å². The highest BCUT2D eigenvalue weighted by Gasteiger charge is 2.42. The van der Waals surface area contributed by atoms with Crippen molar-refractivity contribution in [3.8, 4) is 5.75 Å². The second kappa shape index (κ2) is 5.44. The van der Waals surface area contributed by atoms with Gasteiger partial charge < -0.3 is 9.64 Å². The van der Waals surface area contributed by atoms with Crippen molar-refractivity contribution in [1.29, 1.82) is 0 Å². The summed E-state index contributed by atoms with van der Waals surface area (Å²) in [6, 6.07) is 5.27. The van der Waals surface area contributed by atoms with Gasteiger partial charge in [0.05, 0.1) is 18.4 Å². The van der Waals surface area contributed by atoms with E-state index in [9.17, 15) is 9.59 Å². The van der Waals surface area contributed by atoms with Crippen molar-refractivity contribution in [3.05, 3.63) is 23.8 Å². The quantitative estimate of drug-likeness (QED) is 0.618. The number of alkyl halides is 1. The number of hydrogen-bond acceptors (Lipinski definition) is 3. The molecule has 112 valence electrons. The van der Waals surface area contributed by atoms with Gasteiger partial charge in [0, 0.05) is 11.9 Å². The lowest BCUT2D eigenvalue weighted by atomic mass is 9.88. The first kappa shape index (κ1) is 14.6. The van der Waals surface area contributed by atoms with Gasteiger partial charge in [0.1, 0.15) is 5.75 Å². The first-order valence-corrected chi connectivity index (χ1v) is 8.33. The summed E-state index contributed by atoms with van der Waals surface area (Å²) in [5, 5.41) is 0.865. The molecular formula is C16H18BrNO3. The van der Waals surface area contributed by atoms with Gasteiger partial charge >= 0.3 is 0 Å². The highest BCUT2D eigenvalue weighted by molar-refractivity contribution is 9.09. The summed E-state index contributed by atoms with van der Waals surface area (Å²) in [5.74, 6) is -0.232. The van der Waals surface area contributed by atoms with E-state index >= 15 is 0 Å². The van der Waals surface area contributed by atoms with Crippen LogP contribution in [0.4, 0.5) is 5.69 Å². The van der Waals surface area contributed by atoms with Crippen LogP contribution in [0, 0.1) is 5.41 Å². The highest BCUT2D eigenvalue weighted by Crippen LogP contribution is 2.43. The molecule has 3 rings (SSSR count).